The third-order valence-corrected chi connectivity index (χ3v) is 6.48. The van der Waals surface area contributed by atoms with Gasteiger partial charge in [-0.2, -0.15) is 0 Å². The van der Waals surface area contributed by atoms with Crippen molar-refractivity contribution in [3.63, 3.8) is 0 Å². The molecule has 2 unspecified atom stereocenters. The van der Waals surface area contributed by atoms with Crippen molar-refractivity contribution in [1.82, 2.24) is 20.3 Å². The molecule has 2 N–H and O–H groups in total. The molecule has 5 heteroatoms. The summed E-state index contributed by atoms with van der Waals surface area (Å²) in [5.41, 5.74) is 10.5. The Labute approximate surface area is 185 Å². The number of carbonyl (C=O) groups is 1. The summed E-state index contributed by atoms with van der Waals surface area (Å²) in [6, 6.07) is 19.9. The zero-order chi connectivity index (χ0) is 21.6. The number of para-hydroxylation sites is 1. The number of likely N-dealkylation sites (N-methyl/N-ethyl adjacent to an activating group) is 1. The Hall–Kier alpha value is -2.63. The molecule has 1 aliphatic heterocycles. The molecule has 164 valence electrons. The molecule has 1 aromatic heterocycles. The van der Waals surface area contributed by atoms with Crippen molar-refractivity contribution < 1.29 is 4.79 Å². The molecule has 1 aliphatic rings. The Morgan fingerprint density at radius 3 is 2.65 bits per heavy atom. The number of carbonyl (C=O) groups excluding carboxylic acids is 1. The maximum absolute atomic E-state index is 12.7. The number of unbranched alkanes of at least 4 members (excludes halogenated alkanes) is 2. The smallest absolute Gasteiger partial charge is 0.226 e. The molecule has 1 fully saturated rings. The summed E-state index contributed by atoms with van der Waals surface area (Å²) in [5.74, 6) is 0.198. The van der Waals surface area contributed by atoms with Crippen LogP contribution in [0, 0.1) is 0 Å². The van der Waals surface area contributed by atoms with Crippen LogP contribution in [0.5, 0.6) is 0 Å². The number of aryl methyl sites for hydroxylation is 1. The number of amides is 1. The molecule has 5 nitrogen and oxygen atoms in total. The van der Waals surface area contributed by atoms with Crippen LogP contribution in [0.3, 0.4) is 0 Å². The number of nitrogens with one attached hydrogen (secondary N) is 2. The Kier molecular flexibility index (Phi) is 7.05. The quantitative estimate of drug-likeness (QED) is 0.508. The lowest BCUT2D eigenvalue weighted by molar-refractivity contribution is -0.129. The largest absolute Gasteiger partial charge is 0.350 e. The van der Waals surface area contributed by atoms with E-state index in [-0.39, 0.29) is 5.91 Å². The molecule has 31 heavy (non-hydrogen) atoms. The van der Waals surface area contributed by atoms with E-state index in [2.05, 4.69) is 64.1 Å². The normalized spacial score (nSPS) is 18.5. The maximum atomic E-state index is 12.7. The van der Waals surface area contributed by atoms with Crippen molar-refractivity contribution in [2.24, 2.45) is 7.05 Å². The molecule has 2 aromatic carbocycles. The van der Waals surface area contributed by atoms with Crippen molar-refractivity contribution in [1.29, 1.82) is 0 Å². The van der Waals surface area contributed by atoms with E-state index >= 15 is 0 Å². The molecule has 0 spiro atoms. The van der Waals surface area contributed by atoms with Crippen LogP contribution >= 0.6 is 0 Å². The molecule has 1 amide bonds. The number of rotatable bonds is 9. The van der Waals surface area contributed by atoms with E-state index in [0.29, 0.717) is 18.5 Å². The third-order valence-electron chi connectivity index (χ3n) is 6.48. The fourth-order valence-corrected chi connectivity index (χ4v) is 4.62. The molecule has 0 bridgehead atoms. The molecular weight excluding hydrogens is 384 g/mol. The number of nitrogens with zero attached hydrogens (tertiary/aromatic N) is 2. The molecule has 4 rings (SSSR count). The van der Waals surface area contributed by atoms with Crippen molar-refractivity contribution in [2.45, 2.75) is 50.6 Å². The highest BCUT2D eigenvalue weighted by Crippen LogP contribution is 2.24. The van der Waals surface area contributed by atoms with E-state index in [1.165, 1.54) is 29.3 Å². The van der Waals surface area contributed by atoms with Crippen LogP contribution < -0.4 is 10.9 Å². The minimum absolute atomic E-state index is 0.198. The number of aromatic nitrogens is 1. The highest BCUT2D eigenvalue weighted by atomic mass is 16.2. The van der Waals surface area contributed by atoms with Crippen molar-refractivity contribution in [2.75, 3.05) is 13.6 Å². The van der Waals surface area contributed by atoms with Gasteiger partial charge in [0.2, 0.25) is 5.91 Å². The van der Waals surface area contributed by atoms with Gasteiger partial charge in [-0.1, -0.05) is 61.4 Å². The molecule has 0 radical (unpaired) electrons. The third kappa shape index (κ3) is 5.35. The zero-order valence-corrected chi connectivity index (χ0v) is 18.7. The highest BCUT2D eigenvalue weighted by molar-refractivity contribution is 5.89. The second-order valence-electron chi connectivity index (χ2n) is 8.81. The van der Waals surface area contributed by atoms with E-state index in [1.807, 2.05) is 31.1 Å². The topological polar surface area (TPSA) is 49.3 Å². The van der Waals surface area contributed by atoms with Gasteiger partial charge < -0.3 is 9.47 Å². The van der Waals surface area contributed by atoms with Gasteiger partial charge in [-0.3, -0.25) is 15.6 Å². The fraction of sp³-hybridized carbons (Fsp3) is 0.423. The second-order valence-corrected chi connectivity index (χ2v) is 8.81. The molecule has 0 aliphatic carbocycles. The summed E-state index contributed by atoms with van der Waals surface area (Å²) in [5, 5.41) is 1.18. The number of benzene rings is 2. The monoisotopic (exact) mass is 418 g/mol. The predicted octanol–water partition coefficient (Wildman–Crippen LogP) is 4.35. The number of fused-ring (bicyclic) bond motifs is 1. The van der Waals surface area contributed by atoms with E-state index in [4.69, 9.17) is 0 Å². The summed E-state index contributed by atoms with van der Waals surface area (Å²) in [6.07, 6.45) is 8.25. The van der Waals surface area contributed by atoms with Gasteiger partial charge in [-0.15, -0.1) is 0 Å². The summed E-state index contributed by atoms with van der Waals surface area (Å²) in [4.78, 5) is 14.6. The van der Waals surface area contributed by atoms with Gasteiger partial charge in [0.25, 0.3) is 0 Å². The zero-order valence-electron chi connectivity index (χ0n) is 18.7. The van der Waals surface area contributed by atoms with Crippen LogP contribution in [-0.2, 0) is 18.3 Å². The lowest BCUT2D eigenvalue weighted by atomic mass is 9.99. The summed E-state index contributed by atoms with van der Waals surface area (Å²) in [6.45, 7) is 0.826. The Morgan fingerprint density at radius 1 is 1.03 bits per heavy atom. The van der Waals surface area contributed by atoms with E-state index in [9.17, 15) is 4.79 Å². The van der Waals surface area contributed by atoms with Crippen LogP contribution in [0.15, 0.2) is 60.8 Å². The van der Waals surface area contributed by atoms with Crippen molar-refractivity contribution in [3.8, 4) is 0 Å². The van der Waals surface area contributed by atoms with Crippen LogP contribution in [-0.4, -0.2) is 35.0 Å². The van der Waals surface area contributed by atoms with Crippen molar-refractivity contribution in [3.05, 3.63) is 71.9 Å². The van der Waals surface area contributed by atoms with E-state index < -0.39 is 0 Å². The average molecular weight is 419 g/mol. The van der Waals surface area contributed by atoms with Gasteiger partial charge >= 0.3 is 0 Å². The first-order chi connectivity index (χ1) is 15.1. The summed E-state index contributed by atoms with van der Waals surface area (Å²) in [7, 11) is 3.97. The summed E-state index contributed by atoms with van der Waals surface area (Å²) >= 11 is 0. The molecule has 2 heterocycles. The standard InChI is InChI=1S/C26H34N4O/c1-29(26(31)17-21-19-30(2)25-15-9-8-14-23(21)25)16-10-4-7-13-22-18-24(28-27-22)20-11-5-3-6-12-20/h3,5-6,8-9,11-12,14-15,19,22,24,27-28H,4,7,10,13,16-18H2,1-2H3. The average Bonchev–Trinajstić information content (AvgIpc) is 3.39. The maximum Gasteiger partial charge on any atom is 0.226 e. The molecular formula is C26H34N4O. The number of hydrazine groups is 1. The van der Waals surface area contributed by atoms with Crippen LogP contribution in [0.1, 0.15) is 49.3 Å². The van der Waals surface area contributed by atoms with E-state index in [0.717, 1.165) is 31.4 Å². The molecule has 0 saturated carbocycles. The van der Waals surface area contributed by atoms with Crippen LogP contribution in [0.25, 0.3) is 10.9 Å². The second kappa shape index (κ2) is 10.1. The lowest BCUT2D eigenvalue weighted by Gasteiger charge is -2.17. The highest BCUT2D eigenvalue weighted by Gasteiger charge is 2.24. The predicted molar refractivity (Wildman–Crippen MR) is 127 cm³/mol. The first kappa shape index (κ1) is 21.6. The molecule has 3 aromatic rings. The van der Waals surface area contributed by atoms with Gasteiger partial charge in [-0.05, 0) is 36.5 Å². The Bertz CT molecular complexity index is 997. The summed E-state index contributed by atoms with van der Waals surface area (Å²) < 4.78 is 2.10. The minimum atomic E-state index is 0.198. The van der Waals surface area contributed by atoms with Gasteiger partial charge in [0.05, 0.1) is 6.42 Å². The first-order valence-electron chi connectivity index (χ1n) is 11.4. The van der Waals surface area contributed by atoms with Crippen LogP contribution in [0.2, 0.25) is 0 Å². The molecule has 1 saturated heterocycles. The van der Waals surface area contributed by atoms with Gasteiger partial charge in [0, 0.05) is 49.8 Å². The van der Waals surface area contributed by atoms with E-state index in [1.54, 1.807) is 0 Å². The lowest BCUT2D eigenvalue weighted by Crippen LogP contribution is -2.31. The molecule has 2 atom stereocenters. The van der Waals surface area contributed by atoms with Crippen LogP contribution in [0.4, 0.5) is 0 Å². The number of hydrogen-bond donors (Lipinski definition) is 2. The fourth-order valence-electron chi connectivity index (χ4n) is 4.62. The first-order valence-corrected chi connectivity index (χ1v) is 11.4. The van der Waals surface area contributed by atoms with Crippen molar-refractivity contribution >= 4 is 16.8 Å². The van der Waals surface area contributed by atoms with Gasteiger partial charge in [0.15, 0.2) is 0 Å². The Morgan fingerprint density at radius 2 is 1.81 bits per heavy atom. The number of hydrogen-bond acceptors (Lipinski definition) is 3. The SMILES string of the molecule is CN(CCCCCC1CC(c2ccccc2)NN1)C(=O)Cc1cn(C)c2ccccc12. The Balaban J connectivity index is 1.15. The van der Waals surface area contributed by atoms with Gasteiger partial charge in [0.1, 0.15) is 0 Å². The minimum Gasteiger partial charge on any atom is -0.350 e. The van der Waals surface area contributed by atoms with Gasteiger partial charge in [-0.25, -0.2) is 0 Å².